The van der Waals surface area contributed by atoms with Crippen molar-refractivity contribution in [3.63, 3.8) is 0 Å². The standard InChI is InChI=1S/C20H24F3NO4Si/c1-20(2,3)29(4,5)28-9-8-27-12-10-14(22)17(15(23)11-12)18-13(21)6-7-16(24-18)19(25)26/h6-7,10-11H,8-9H2,1-5H3,(H,25,26). The lowest BCUT2D eigenvalue weighted by Crippen LogP contribution is -2.41. The molecule has 0 unspecified atom stereocenters. The van der Waals surface area contributed by atoms with Gasteiger partial charge in [0.05, 0.1) is 12.2 Å². The highest BCUT2D eigenvalue weighted by molar-refractivity contribution is 6.74. The number of rotatable bonds is 7. The first-order valence-corrected chi connectivity index (χ1v) is 11.9. The maximum Gasteiger partial charge on any atom is 0.354 e. The van der Waals surface area contributed by atoms with Gasteiger partial charge >= 0.3 is 5.97 Å². The smallest absolute Gasteiger partial charge is 0.354 e. The summed E-state index contributed by atoms with van der Waals surface area (Å²) in [5, 5.41) is 8.98. The normalized spacial score (nSPS) is 12.1. The minimum atomic E-state index is -1.97. The number of aromatic nitrogens is 1. The number of ether oxygens (including phenoxy) is 1. The van der Waals surface area contributed by atoms with Gasteiger partial charge in [-0.15, -0.1) is 0 Å². The topological polar surface area (TPSA) is 68.7 Å². The second kappa shape index (κ2) is 8.54. The van der Waals surface area contributed by atoms with Gasteiger partial charge in [0.2, 0.25) is 0 Å². The zero-order valence-corrected chi connectivity index (χ0v) is 18.0. The van der Waals surface area contributed by atoms with E-state index in [-0.39, 0.29) is 24.0 Å². The highest BCUT2D eigenvalue weighted by Gasteiger charge is 2.36. The third-order valence-electron chi connectivity index (χ3n) is 4.94. The van der Waals surface area contributed by atoms with Crippen LogP contribution in [0.15, 0.2) is 24.3 Å². The summed E-state index contributed by atoms with van der Waals surface area (Å²) >= 11 is 0. The van der Waals surface area contributed by atoms with Crippen molar-refractivity contribution < 1.29 is 32.2 Å². The Hall–Kier alpha value is -2.39. The quantitative estimate of drug-likeness (QED) is 0.482. The predicted octanol–water partition coefficient (Wildman–Crippen LogP) is 5.26. The summed E-state index contributed by atoms with van der Waals surface area (Å²) in [6.45, 7) is 10.8. The van der Waals surface area contributed by atoms with Gasteiger partial charge in [-0.3, -0.25) is 0 Å². The fraction of sp³-hybridized carbons (Fsp3) is 0.400. The molecule has 0 bridgehead atoms. The largest absolute Gasteiger partial charge is 0.491 e. The van der Waals surface area contributed by atoms with Crippen LogP contribution in [0.4, 0.5) is 13.2 Å². The molecule has 0 aliphatic rings. The maximum absolute atomic E-state index is 14.5. The number of benzene rings is 1. The Kier molecular flexibility index (Phi) is 6.74. The van der Waals surface area contributed by atoms with Crippen LogP contribution >= 0.6 is 0 Å². The number of halogens is 3. The van der Waals surface area contributed by atoms with Gasteiger partial charge < -0.3 is 14.3 Å². The van der Waals surface area contributed by atoms with Crippen LogP contribution in [0.25, 0.3) is 11.3 Å². The lowest BCUT2D eigenvalue weighted by molar-refractivity contribution is 0.0690. The van der Waals surface area contributed by atoms with Gasteiger partial charge in [0, 0.05) is 12.1 Å². The van der Waals surface area contributed by atoms with Crippen LogP contribution in [-0.4, -0.2) is 37.6 Å². The Morgan fingerprint density at radius 1 is 1.07 bits per heavy atom. The molecule has 1 N–H and O–H groups in total. The molecule has 0 amide bonds. The van der Waals surface area contributed by atoms with E-state index >= 15 is 0 Å². The maximum atomic E-state index is 14.5. The van der Waals surface area contributed by atoms with Crippen molar-refractivity contribution in [2.24, 2.45) is 0 Å². The average Bonchev–Trinajstić information content (AvgIpc) is 2.58. The fourth-order valence-corrected chi connectivity index (χ4v) is 3.30. The first-order chi connectivity index (χ1) is 13.3. The summed E-state index contributed by atoms with van der Waals surface area (Å²) in [6, 6.07) is 3.52. The number of carbonyl (C=O) groups is 1. The predicted molar refractivity (Wildman–Crippen MR) is 105 cm³/mol. The molecule has 2 rings (SSSR count). The SMILES string of the molecule is CC(C)(C)[Si](C)(C)OCCOc1cc(F)c(-c2nc(C(=O)O)ccc2F)c(F)c1. The summed E-state index contributed by atoms with van der Waals surface area (Å²) in [7, 11) is -1.97. The van der Waals surface area contributed by atoms with Gasteiger partial charge in [0.25, 0.3) is 0 Å². The molecule has 0 saturated heterocycles. The molecule has 2 aromatic rings. The number of aromatic carboxylic acids is 1. The molecule has 0 fully saturated rings. The van der Waals surface area contributed by atoms with E-state index in [0.717, 1.165) is 24.3 Å². The minimum Gasteiger partial charge on any atom is -0.491 e. The minimum absolute atomic E-state index is 0.0222. The molecule has 0 aliphatic carbocycles. The van der Waals surface area contributed by atoms with Crippen molar-refractivity contribution in [2.45, 2.75) is 38.9 Å². The third kappa shape index (κ3) is 5.36. The lowest BCUT2D eigenvalue weighted by atomic mass is 10.1. The zero-order chi connectivity index (χ0) is 22.0. The molecular formula is C20H24F3NO4Si. The lowest BCUT2D eigenvalue weighted by Gasteiger charge is -2.36. The van der Waals surface area contributed by atoms with E-state index in [4.69, 9.17) is 14.3 Å². The van der Waals surface area contributed by atoms with Gasteiger partial charge in [-0.05, 0) is 30.3 Å². The van der Waals surface area contributed by atoms with E-state index in [1.165, 1.54) is 0 Å². The molecule has 5 nitrogen and oxygen atoms in total. The van der Waals surface area contributed by atoms with Crippen LogP contribution < -0.4 is 4.74 Å². The third-order valence-corrected chi connectivity index (χ3v) is 9.48. The van der Waals surface area contributed by atoms with Gasteiger partial charge in [0.15, 0.2) is 8.32 Å². The molecule has 1 aromatic heterocycles. The Labute approximate surface area is 168 Å². The Balaban J connectivity index is 2.17. The zero-order valence-electron chi connectivity index (χ0n) is 17.0. The van der Waals surface area contributed by atoms with E-state index in [0.29, 0.717) is 0 Å². The number of hydrogen-bond donors (Lipinski definition) is 1. The van der Waals surface area contributed by atoms with Crippen molar-refractivity contribution in [2.75, 3.05) is 13.2 Å². The Morgan fingerprint density at radius 2 is 1.66 bits per heavy atom. The number of nitrogens with zero attached hydrogens (tertiary/aromatic N) is 1. The summed E-state index contributed by atoms with van der Waals surface area (Å²) in [5.74, 6) is -4.78. The van der Waals surface area contributed by atoms with Crippen LogP contribution in [0.3, 0.4) is 0 Å². The summed E-state index contributed by atoms with van der Waals surface area (Å²) in [6.07, 6.45) is 0. The van der Waals surface area contributed by atoms with E-state index in [1.54, 1.807) is 0 Å². The summed E-state index contributed by atoms with van der Waals surface area (Å²) in [4.78, 5) is 14.5. The first-order valence-electron chi connectivity index (χ1n) is 8.99. The molecular weight excluding hydrogens is 403 g/mol. The Bertz CT molecular complexity index is 890. The van der Waals surface area contributed by atoms with Crippen molar-refractivity contribution in [1.82, 2.24) is 4.98 Å². The highest BCUT2D eigenvalue weighted by atomic mass is 28.4. The van der Waals surface area contributed by atoms with Crippen LogP contribution in [-0.2, 0) is 4.43 Å². The fourth-order valence-electron chi connectivity index (χ4n) is 2.27. The van der Waals surface area contributed by atoms with E-state index in [9.17, 15) is 18.0 Å². The number of pyridine rings is 1. The molecule has 0 radical (unpaired) electrons. The molecule has 1 heterocycles. The van der Waals surface area contributed by atoms with Gasteiger partial charge in [0.1, 0.15) is 41.2 Å². The number of carboxylic acids is 1. The van der Waals surface area contributed by atoms with Crippen molar-refractivity contribution in [3.05, 3.63) is 47.4 Å². The second-order valence-electron chi connectivity index (χ2n) is 8.05. The molecule has 0 atom stereocenters. The van der Waals surface area contributed by atoms with Crippen LogP contribution in [0.2, 0.25) is 18.1 Å². The van der Waals surface area contributed by atoms with Gasteiger partial charge in [-0.25, -0.2) is 22.9 Å². The molecule has 9 heteroatoms. The van der Waals surface area contributed by atoms with Crippen LogP contribution in [0.1, 0.15) is 31.3 Å². The van der Waals surface area contributed by atoms with Crippen molar-refractivity contribution >= 4 is 14.3 Å². The van der Waals surface area contributed by atoms with E-state index < -0.39 is 48.7 Å². The monoisotopic (exact) mass is 427 g/mol. The summed E-state index contributed by atoms with van der Waals surface area (Å²) < 4.78 is 54.2. The molecule has 0 saturated carbocycles. The van der Waals surface area contributed by atoms with E-state index in [1.807, 2.05) is 0 Å². The van der Waals surface area contributed by atoms with Crippen LogP contribution in [0.5, 0.6) is 5.75 Å². The molecule has 29 heavy (non-hydrogen) atoms. The van der Waals surface area contributed by atoms with Crippen LogP contribution in [0, 0.1) is 17.5 Å². The average molecular weight is 427 g/mol. The molecule has 0 aliphatic heterocycles. The van der Waals surface area contributed by atoms with Gasteiger partial charge in [-0.1, -0.05) is 20.8 Å². The summed E-state index contributed by atoms with van der Waals surface area (Å²) in [5.41, 5.74) is -1.99. The molecule has 158 valence electrons. The molecule has 1 aromatic carbocycles. The second-order valence-corrected chi connectivity index (χ2v) is 12.9. The number of hydrogen-bond acceptors (Lipinski definition) is 4. The van der Waals surface area contributed by atoms with E-state index in [2.05, 4.69) is 38.8 Å². The first kappa shape index (κ1) is 22.9. The van der Waals surface area contributed by atoms with Crippen molar-refractivity contribution in [3.8, 4) is 17.0 Å². The molecule has 0 spiro atoms. The van der Waals surface area contributed by atoms with Gasteiger partial charge in [-0.2, -0.15) is 0 Å². The highest BCUT2D eigenvalue weighted by Crippen LogP contribution is 2.36. The van der Waals surface area contributed by atoms with Crippen molar-refractivity contribution in [1.29, 1.82) is 0 Å². The Morgan fingerprint density at radius 3 is 2.17 bits per heavy atom. The number of carboxylic acid groups (broad SMARTS) is 1.